The highest BCUT2D eigenvalue weighted by Crippen LogP contribution is 2.27. The number of nitro groups is 1. The number of hydrazine groups is 1. The Kier molecular flexibility index (Phi) is 7.13. The molecule has 0 spiro atoms. The van der Waals surface area contributed by atoms with Crippen LogP contribution in [0, 0.1) is 10.1 Å². The Morgan fingerprint density at radius 1 is 1.10 bits per heavy atom. The minimum atomic E-state index is -4.18. The summed E-state index contributed by atoms with van der Waals surface area (Å²) in [7, 11) is -7.88. The van der Waals surface area contributed by atoms with Gasteiger partial charge in [-0.05, 0) is 24.3 Å². The van der Waals surface area contributed by atoms with Gasteiger partial charge in [0.25, 0.3) is 15.7 Å². The molecule has 14 heteroatoms. The number of hydrogen-bond donors (Lipinski definition) is 2. The topological polar surface area (TPSA) is 152 Å². The van der Waals surface area contributed by atoms with Crippen molar-refractivity contribution in [3.8, 4) is 0 Å². The van der Waals surface area contributed by atoms with E-state index in [0.29, 0.717) is 13.1 Å². The van der Waals surface area contributed by atoms with Crippen molar-refractivity contribution in [2.24, 2.45) is 0 Å². The molecule has 0 fully saturated rings. The first kappa shape index (κ1) is 23.0. The van der Waals surface area contributed by atoms with Crippen LogP contribution in [0.25, 0.3) is 0 Å². The van der Waals surface area contributed by atoms with E-state index in [1.54, 1.807) is 13.8 Å². The fourth-order valence-electron chi connectivity index (χ4n) is 2.30. The molecule has 29 heavy (non-hydrogen) atoms. The Morgan fingerprint density at radius 3 is 2.24 bits per heavy atom. The van der Waals surface area contributed by atoms with E-state index in [1.807, 2.05) is 4.83 Å². The minimum Gasteiger partial charge on any atom is -0.292 e. The lowest BCUT2D eigenvalue weighted by Crippen LogP contribution is -2.31. The van der Waals surface area contributed by atoms with Crippen molar-refractivity contribution in [1.29, 1.82) is 0 Å². The molecule has 1 aromatic carbocycles. The average Bonchev–Trinajstić information content (AvgIpc) is 2.67. The summed E-state index contributed by atoms with van der Waals surface area (Å²) in [5.74, 6) is 0.0236. The van der Waals surface area contributed by atoms with Gasteiger partial charge in [0.05, 0.1) is 9.82 Å². The summed E-state index contributed by atoms with van der Waals surface area (Å²) in [6.07, 6.45) is 1.09. The Balaban J connectivity index is 2.18. The monoisotopic (exact) mass is 463 g/mol. The van der Waals surface area contributed by atoms with Gasteiger partial charge in [-0.25, -0.2) is 21.8 Å². The Morgan fingerprint density at radius 2 is 1.72 bits per heavy atom. The molecule has 158 valence electrons. The maximum absolute atomic E-state index is 12.4. The quantitative estimate of drug-likeness (QED) is 0.423. The van der Waals surface area contributed by atoms with Crippen molar-refractivity contribution in [3.63, 3.8) is 0 Å². The molecule has 11 nitrogen and oxygen atoms in total. The van der Waals surface area contributed by atoms with Gasteiger partial charge in [-0.3, -0.25) is 15.5 Å². The number of nitrogens with one attached hydrogen (secondary N) is 2. The second-order valence-corrected chi connectivity index (χ2v) is 9.60. The third kappa shape index (κ3) is 5.19. The van der Waals surface area contributed by atoms with Gasteiger partial charge >= 0.3 is 0 Å². The maximum atomic E-state index is 12.4. The number of hydrogen-bond acceptors (Lipinski definition) is 8. The summed E-state index contributed by atoms with van der Waals surface area (Å²) in [6.45, 7) is 4.01. The van der Waals surface area contributed by atoms with Crippen LogP contribution >= 0.6 is 11.6 Å². The number of halogens is 1. The molecule has 1 heterocycles. The maximum Gasteiger partial charge on any atom is 0.289 e. The van der Waals surface area contributed by atoms with Crippen molar-refractivity contribution in [3.05, 3.63) is 51.7 Å². The van der Waals surface area contributed by atoms with Gasteiger partial charge in [-0.15, -0.1) is 4.83 Å². The average molecular weight is 464 g/mol. The number of aromatic nitrogens is 1. The van der Waals surface area contributed by atoms with E-state index in [9.17, 15) is 26.9 Å². The molecular weight excluding hydrogens is 446 g/mol. The van der Waals surface area contributed by atoms with E-state index >= 15 is 0 Å². The first-order valence-corrected chi connectivity index (χ1v) is 11.5. The third-order valence-corrected chi connectivity index (χ3v) is 7.42. The molecule has 0 atom stereocenters. The molecule has 0 radical (unpaired) electrons. The molecule has 0 aliphatic rings. The summed E-state index contributed by atoms with van der Waals surface area (Å²) in [5, 5.41) is 10.7. The number of anilines is 1. The molecule has 2 aromatic rings. The summed E-state index contributed by atoms with van der Waals surface area (Å²) in [4.78, 5) is 15.6. The van der Waals surface area contributed by atoms with Crippen LogP contribution in [0.15, 0.2) is 46.3 Å². The first-order chi connectivity index (χ1) is 13.5. The molecule has 2 N–H and O–H groups in total. The third-order valence-electron chi connectivity index (χ3n) is 3.82. The SMILES string of the molecule is CCN(CC)S(=O)(=O)c1ccc(NNS(=O)(=O)c2ccc(Cl)c([N+](=O)[O-])c2)nc1. The lowest BCUT2D eigenvalue weighted by Gasteiger charge is -2.18. The number of rotatable bonds is 9. The van der Waals surface area contributed by atoms with Gasteiger partial charge in [0.2, 0.25) is 10.0 Å². The highest BCUT2D eigenvalue weighted by Gasteiger charge is 2.23. The molecule has 0 bridgehead atoms. The normalized spacial score (nSPS) is 12.1. The molecule has 0 saturated carbocycles. The fourth-order valence-corrected chi connectivity index (χ4v) is 4.76. The minimum absolute atomic E-state index is 0.0236. The van der Waals surface area contributed by atoms with E-state index < -0.39 is 30.7 Å². The zero-order valence-electron chi connectivity index (χ0n) is 15.4. The predicted octanol–water partition coefficient (Wildman–Crippen LogP) is 1.98. The molecule has 0 aliphatic heterocycles. The van der Waals surface area contributed by atoms with E-state index in [0.717, 1.165) is 24.4 Å². The van der Waals surface area contributed by atoms with Crippen molar-refractivity contribution >= 4 is 43.2 Å². The summed E-state index contributed by atoms with van der Waals surface area (Å²) in [6, 6.07) is 5.58. The van der Waals surface area contributed by atoms with Gasteiger partial charge in [-0.1, -0.05) is 25.4 Å². The van der Waals surface area contributed by atoms with Crippen LogP contribution in [0.3, 0.4) is 0 Å². The Bertz CT molecular complexity index is 1100. The van der Waals surface area contributed by atoms with Crippen LogP contribution in [0.5, 0.6) is 0 Å². The molecular formula is C15H18ClN5O6S2. The zero-order chi connectivity index (χ0) is 21.8. The van der Waals surface area contributed by atoms with Crippen LogP contribution in [0.2, 0.25) is 5.02 Å². The Hall–Kier alpha value is -2.32. The molecule has 1 aromatic heterocycles. The number of pyridine rings is 1. The van der Waals surface area contributed by atoms with Crippen molar-refractivity contribution < 1.29 is 21.8 Å². The molecule has 2 rings (SSSR count). The number of nitro benzene ring substituents is 1. The van der Waals surface area contributed by atoms with Gasteiger partial charge in [0, 0.05) is 25.4 Å². The van der Waals surface area contributed by atoms with Crippen LogP contribution < -0.4 is 10.3 Å². The lowest BCUT2D eigenvalue weighted by atomic mass is 10.3. The van der Waals surface area contributed by atoms with Gasteiger partial charge in [0.15, 0.2) is 0 Å². The lowest BCUT2D eigenvalue weighted by molar-refractivity contribution is -0.384. The van der Waals surface area contributed by atoms with E-state index in [-0.39, 0.29) is 20.6 Å². The van der Waals surface area contributed by atoms with Crippen molar-refractivity contribution in [2.75, 3.05) is 18.5 Å². The molecule has 0 unspecified atom stereocenters. The second kappa shape index (κ2) is 9.00. The van der Waals surface area contributed by atoms with E-state index in [4.69, 9.17) is 11.6 Å². The number of benzene rings is 1. The predicted molar refractivity (Wildman–Crippen MR) is 106 cm³/mol. The van der Waals surface area contributed by atoms with Crippen LogP contribution in [0.1, 0.15) is 13.8 Å². The standard InChI is InChI=1S/C15H18ClN5O6S2/c1-3-20(4-2)29(26,27)12-6-8-15(17-10-12)18-19-28(24,25)11-5-7-13(16)14(9-11)21(22)23/h5-10,19H,3-4H2,1-2H3,(H,17,18). The van der Waals surface area contributed by atoms with Crippen molar-refractivity contribution in [2.45, 2.75) is 23.6 Å². The smallest absolute Gasteiger partial charge is 0.289 e. The Labute approximate surface area is 172 Å². The largest absolute Gasteiger partial charge is 0.292 e. The van der Waals surface area contributed by atoms with E-state index in [2.05, 4.69) is 10.4 Å². The summed E-state index contributed by atoms with van der Waals surface area (Å²) >= 11 is 5.67. The second-order valence-electron chi connectivity index (χ2n) is 5.57. The van der Waals surface area contributed by atoms with Gasteiger partial charge in [0.1, 0.15) is 15.7 Å². The van der Waals surface area contributed by atoms with Crippen LogP contribution in [-0.4, -0.2) is 44.1 Å². The van der Waals surface area contributed by atoms with Crippen LogP contribution in [0.4, 0.5) is 11.5 Å². The highest BCUT2D eigenvalue weighted by molar-refractivity contribution is 7.89. The van der Waals surface area contributed by atoms with Crippen LogP contribution in [-0.2, 0) is 20.0 Å². The summed E-state index contributed by atoms with van der Waals surface area (Å²) < 4.78 is 50.7. The zero-order valence-corrected chi connectivity index (χ0v) is 17.8. The highest BCUT2D eigenvalue weighted by atomic mass is 35.5. The molecule has 0 aliphatic carbocycles. The molecule has 0 saturated heterocycles. The first-order valence-electron chi connectivity index (χ1n) is 8.21. The molecule has 0 amide bonds. The summed E-state index contributed by atoms with van der Waals surface area (Å²) in [5.41, 5.74) is 1.77. The number of nitrogens with zero attached hydrogens (tertiary/aromatic N) is 3. The number of sulfonamides is 2. The van der Waals surface area contributed by atoms with Gasteiger partial charge in [-0.2, -0.15) is 4.31 Å². The van der Waals surface area contributed by atoms with Gasteiger partial charge < -0.3 is 0 Å². The van der Waals surface area contributed by atoms with E-state index in [1.165, 1.54) is 16.4 Å². The van der Waals surface area contributed by atoms with Crippen molar-refractivity contribution in [1.82, 2.24) is 14.1 Å². The fraction of sp³-hybridized carbons (Fsp3) is 0.267.